The van der Waals surface area contributed by atoms with Crippen LogP contribution in [0, 0.1) is 0 Å². The quantitative estimate of drug-likeness (QED) is 0.148. The molecular formula is C34H24Cl3N3O3. The molecule has 0 aliphatic heterocycles. The Morgan fingerprint density at radius 2 is 1.09 bits per heavy atom. The van der Waals surface area contributed by atoms with Gasteiger partial charge in [-0.25, -0.2) is 9.59 Å². The number of allylic oxidation sites excluding steroid dienone is 2. The van der Waals surface area contributed by atoms with Gasteiger partial charge in [0.2, 0.25) is 6.08 Å². The number of hydrogen-bond acceptors (Lipinski definition) is 4. The van der Waals surface area contributed by atoms with Crippen LogP contribution in [0.5, 0.6) is 0 Å². The van der Waals surface area contributed by atoms with E-state index in [1.54, 1.807) is 69.8 Å². The maximum atomic E-state index is 13.3. The first-order valence-corrected chi connectivity index (χ1v) is 14.1. The van der Waals surface area contributed by atoms with Crippen molar-refractivity contribution >= 4 is 58.7 Å². The number of aromatic nitrogens is 2. The van der Waals surface area contributed by atoms with Crippen molar-refractivity contribution in [2.75, 3.05) is 0 Å². The number of halogens is 3. The second kappa shape index (κ2) is 15.5. The molecule has 0 N–H and O–H groups in total. The number of hydrogen-bond donors (Lipinski definition) is 0. The summed E-state index contributed by atoms with van der Waals surface area (Å²) in [5, 5.41) is 1.74. The van der Waals surface area contributed by atoms with Gasteiger partial charge in [-0.1, -0.05) is 89.4 Å². The van der Waals surface area contributed by atoms with Crippen LogP contribution in [-0.4, -0.2) is 15.2 Å². The summed E-state index contributed by atoms with van der Waals surface area (Å²) in [5.74, 6) is 0. The minimum atomic E-state index is -0.161. The third-order valence-electron chi connectivity index (χ3n) is 5.92. The lowest BCUT2D eigenvalue weighted by molar-refractivity contribution is 0.565. The summed E-state index contributed by atoms with van der Waals surface area (Å²) < 4.78 is 3.35. The molecule has 9 heteroatoms. The lowest BCUT2D eigenvalue weighted by Crippen LogP contribution is -2.23. The molecule has 1 aromatic heterocycles. The Balaban J connectivity index is 0.000000192. The smallest absolute Gasteiger partial charge is 0.290 e. The number of nitrogens with zero attached hydrogens (tertiary/aromatic N) is 3. The van der Waals surface area contributed by atoms with Gasteiger partial charge in [-0.2, -0.15) is 4.99 Å². The summed E-state index contributed by atoms with van der Waals surface area (Å²) in [6.45, 7) is 0. The standard InChI is InChI=1S/C20H14Cl2N2O.C7H4ClNO.C7H6O/c21-14-6-4-8-16(12-14)23-18-10-2-1-3-11-19(18)24(20(23)25)17-9-5-7-15(22)13-17;8-6-2-1-3-7(4-6)9-5-10;8-7-5-3-1-2-4-6-7/h2-13H,1H2;1-4H;1-6H. The maximum Gasteiger partial charge on any atom is 0.338 e. The summed E-state index contributed by atoms with van der Waals surface area (Å²) in [6, 6.07) is 31.4. The van der Waals surface area contributed by atoms with E-state index in [-0.39, 0.29) is 11.1 Å². The zero-order valence-corrected chi connectivity index (χ0v) is 24.9. The molecule has 0 bridgehead atoms. The van der Waals surface area contributed by atoms with Gasteiger partial charge in [0.25, 0.3) is 0 Å². The highest BCUT2D eigenvalue weighted by molar-refractivity contribution is 6.31. The summed E-state index contributed by atoms with van der Waals surface area (Å²) in [6.07, 6.45) is 10.2. The first-order valence-electron chi connectivity index (χ1n) is 13.0. The van der Waals surface area contributed by atoms with Gasteiger partial charge in [0.15, 0.2) is 5.43 Å². The molecule has 0 unspecified atom stereocenters. The van der Waals surface area contributed by atoms with Gasteiger partial charge in [-0.15, -0.1) is 0 Å². The van der Waals surface area contributed by atoms with Crippen molar-refractivity contribution in [1.29, 1.82) is 0 Å². The Labute approximate surface area is 263 Å². The van der Waals surface area contributed by atoms with E-state index in [1.165, 1.54) is 18.2 Å². The normalized spacial score (nSPS) is 11.0. The summed E-state index contributed by atoms with van der Waals surface area (Å²) in [5.41, 5.74) is 3.52. The van der Waals surface area contributed by atoms with Crippen molar-refractivity contribution in [3.63, 3.8) is 0 Å². The Morgan fingerprint density at radius 1 is 0.605 bits per heavy atom. The predicted molar refractivity (Wildman–Crippen MR) is 176 cm³/mol. The number of rotatable bonds is 3. The average Bonchev–Trinajstić information content (AvgIpc) is 3.20. The fourth-order valence-electron chi connectivity index (χ4n) is 4.11. The van der Waals surface area contributed by atoms with Gasteiger partial charge >= 0.3 is 5.69 Å². The molecule has 0 atom stereocenters. The molecule has 0 saturated heterocycles. The van der Waals surface area contributed by atoms with Gasteiger partial charge in [0.1, 0.15) is 0 Å². The van der Waals surface area contributed by atoms with E-state index in [1.807, 2.05) is 60.7 Å². The van der Waals surface area contributed by atoms with E-state index in [0.717, 1.165) is 29.2 Å². The second-order valence-corrected chi connectivity index (χ2v) is 10.2. The molecule has 0 saturated carbocycles. The van der Waals surface area contributed by atoms with Crippen LogP contribution in [0.3, 0.4) is 0 Å². The van der Waals surface area contributed by atoms with E-state index < -0.39 is 0 Å². The molecule has 6 rings (SSSR count). The van der Waals surface area contributed by atoms with Crippen LogP contribution in [0.4, 0.5) is 5.69 Å². The fourth-order valence-corrected chi connectivity index (χ4v) is 4.66. The summed E-state index contributed by atoms with van der Waals surface area (Å²) in [7, 11) is 0. The number of imidazole rings is 1. The zero-order chi connectivity index (χ0) is 30.6. The molecule has 214 valence electrons. The highest BCUT2D eigenvalue weighted by Crippen LogP contribution is 2.25. The van der Waals surface area contributed by atoms with Gasteiger partial charge in [-0.3, -0.25) is 13.9 Å². The van der Waals surface area contributed by atoms with Crippen LogP contribution < -0.4 is 11.1 Å². The van der Waals surface area contributed by atoms with Crippen LogP contribution in [0.1, 0.15) is 17.8 Å². The van der Waals surface area contributed by atoms with E-state index in [2.05, 4.69) is 4.99 Å². The van der Waals surface area contributed by atoms with Crippen molar-refractivity contribution in [3.8, 4) is 11.4 Å². The number of fused-ring (bicyclic) bond motifs is 1. The zero-order valence-electron chi connectivity index (χ0n) is 22.6. The summed E-state index contributed by atoms with van der Waals surface area (Å²) in [4.78, 5) is 36.9. The van der Waals surface area contributed by atoms with Gasteiger partial charge in [-0.05, 0) is 85.3 Å². The molecule has 1 aliphatic carbocycles. The minimum Gasteiger partial charge on any atom is -0.290 e. The Morgan fingerprint density at radius 3 is 1.56 bits per heavy atom. The molecule has 0 amide bonds. The van der Waals surface area contributed by atoms with Crippen LogP contribution in [0.2, 0.25) is 15.1 Å². The monoisotopic (exact) mass is 627 g/mol. The largest absolute Gasteiger partial charge is 0.338 e. The maximum absolute atomic E-state index is 13.3. The summed E-state index contributed by atoms with van der Waals surface area (Å²) >= 11 is 17.9. The van der Waals surface area contributed by atoms with Crippen molar-refractivity contribution in [2.45, 2.75) is 6.42 Å². The average molecular weight is 629 g/mol. The third-order valence-corrected chi connectivity index (χ3v) is 6.63. The molecule has 6 nitrogen and oxygen atoms in total. The second-order valence-electron chi connectivity index (χ2n) is 8.91. The number of carbonyl (C=O) groups excluding carboxylic acids is 1. The SMILES string of the molecule is O=C=Nc1cccc(Cl)c1.O=c1cccccc1.O=c1n(-c2cccc(Cl)c2)c2c(n1-c1cccc(Cl)c1)C=CCC=C2. The van der Waals surface area contributed by atoms with Crippen LogP contribution in [0.25, 0.3) is 23.5 Å². The first-order chi connectivity index (χ1) is 20.9. The number of isocyanates is 1. The van der Waals surface area contributed by atoms with Crippen molar-refractivity contribution in [1.82, 2.24) is 9.13 Å². The molecule has 0 fully saturated rings. The molecule has 1 heterocycles. The predicted octanol–water partition coefficient (Wildman–Crippen LogP) is 8.72. The highest BCUT2D eigenvalue weighted by Gasteiger charge is 2.20. The first kappa shape index (κ1) is 31.2. The minimum absolute atomic E-state index is 0.0509. The Hall–Kier alpha value is -4.71. The van der Waals surface area contributed by atoms with Gasteiger partial charge in [0.05, 0.1) is 28.5 Å². The lowest BCUT2D eigenvalue weighted by Gasteiger charge is -2.05. The number of aliphatic imine (C=N–C) groups is 1. The molecule has 5 aromatic rings. The Bertz CT molecular complexity index is 1850. The van der Waals surface area contributed by atoms with Crippen LogP contribution >= 0.6 is 34.8 Å². The fraction of sp³-hybridized carbons (Fsp3) is 0.0294. The van der Waals surface area contributed by atoms with Crippen LogP contribution in [-0.2, 0) is 4.79 Å². The van der Waals surface area contributed by atoms with Gasteiger partial charge in [0, 0.05) is 15.1 Å². The van der Waals surface area contributed by atoms with E-state index in [9.17, 15) is 14.4 Å². The molecular weight excluding hydrogens is 605 g/mol. The lowest BCUT2D eigenvalue weighted by atomic mass is 10.2. The number of benzene rings is 3. The molecule has 4 aromatic carbocycles. The topological polar surface area (TPSA) is 73.4 Å². The third kappa shape index (κ3) is 8.65. The van der Waals surface area contributed by atoms with Crippen molar-refractivity contribution in [2.24, 2.45) is 4.99 Å². The van der Waals surface area contributed by atoms with Crippen molar-refractivity contribution in [3.05, 3.63) is 169 Å². The highest BCUT2D eigenvalue weighted by atomic mass is 35.5. The Kier molecular flexibility index (Phi) is 11.3. The molecule has 0 radical (unpaired) electrons. The van der Waals surface area contributed by atoms with E-state index in [0.29, 0.717) is 20.8 Å². The van der Waals surface area contributed by atoms with Crippen LogP contribution in [0.15, 0.2) is 136 Å². The molecule has 43 heavy (non-hydrogen) atoms. The van der Waals surface area contributed by atoms with Gasteiger partial charge < -0.3 is 0 Å². The molecule has 0 spiro atoms. The van der Waals surface area contributed by atoms with Crippen molar-refractivity contribution < 1.29 is 4.79 Å². The molecule has 1 aliphatic rings. The van der Waals surface area contributed by atoms with E-state index >= 15 is 0 Å². The van der Waals surface area contributed by atoms with E-state index in [4.69, 9.17) is 34.8 Å².